The monoisotopic (exact) mass is 261 g/mol. The van der Waals surface area contributed by atoms with Gasteiger partial charge in [-0.1, -0.05) is 39.0 Å². The van der Waals surface area contributed by atoms with Crippen LogP contribution >= 0.6 is 0 Å². The highest BCUT2D eigenvalue weighted by Gasteiger charge is 2.36. The van der Waals surface area contributed by atoms with Crippen molar-refractivity contribution in [2.45, 2.75) is 32.2 Å². The highest BCUT2D eigenvalue weighted by atomic mass is 16.2. The highest BCUT2D eigenvalue weighted by molar-refractivity contribution is 5.95. The van der Waals surface area contributed by atoms with Gasteiger partial charge in [0.2, 0.25) is 0 Å². The highest BCUT2D eigenvalue weighted by Crippen LogP contribution is 2.34. The quantitative estimate of drug-likeness (QED) is 0.887. The molecular weight excluding hydrogens is 238 g/mol. The van der Waals surface area contributed by atoms with Crippen LogP contribution in [0.1, 0.15) is 26.3 Å². The van der Waals surface area contributed by atoms with Crippen molar-refractivity contribution in [3.8, 4) is 0 Å². The second kappa shape index (κ2) is 4.85. The van der Waals surface area contributed by atoms with Crippen molar-refractivity contribution in [2.24, 2.45) is 5.73 Å². The van der Waals surface area contributed by atoms with Crippen LogP contribution in [0.25, 0.3) is 0 Å². The Balaban J connectivity index is 2.41. The number of amides is 2. The average Bonchev–Trinajstić information content (AvgIpc) is 2.65. The van der Waals surface area contributed by atoms with Crippen LogP contribution in [-0.4, -0.2) is 37.1 Å². The lowest BCUT2D eigenvalue weighted by Gasteiger charge is -2.27. The molecule has 1 atom stereocenters. The molecule has 19 heavy (non-hydrogen) atoms. The van der Waals surface area contributed by atoms with Crippen molar-refractivity contribution in [3.05, 3.63) is 29.8 Å². The van der Waals surface area contributed by atoms with Gasteiger partial charge in [0.1, 0.15) is 0 Å². The maximum Gasteiger partial charge on any atom is 0.324 e. The van der Waals surface area contributed by atoms with E-state index in [4.69, 9.17) is 5.73 Å². The molecule has 1 heterocycles. The molecule has 4 heteroatoms. The molecule has 0 aromatic heterocycles. The molecule has 2 rings (SSSR count). The molecule has 0 bridgehead atoms. The smallest absolute Gasteiger partial charge is 0.324 e. The molecule has 1 fully saturated rings. The Morgan fingerprint density at radius 1 is 1.32 bits per heavy atom. The number of hydrogen-bond donors (Lipinski definition) is 1. The van der Waals surface area contributed by atoms with E-state index in [1.807, 2.05) is 30.1 Å². The zero-order chi connectivity index (χ0) is 14.2. The SMILES string of the molecule is CN1C(=O)N(c2ccccc2C(C)(C)C)CC1CN. The van der Waals surface area contributed by atoms with E-state index < -0.39 is 0 Å². The van der Waals surface area contributed by atoms with Crippen LogP contribution in [-0.2, 0) is 5.41 Å². The number of benzene rings is 1. The van der Waals surface area contributed by atoms with Crippen LogP contribution in [0.5, 0.6) is 0 Å². The Labute approximate surface area is 115 Å². The van der Waals surface area contributed by atoms with E-state index in [1.54, 1.807) is 4.90 Å². The van der Waals surface area contributed by atoms with Crippen molar-refractivity contribution in [2.75, 3.05) is 25.0 Å². The predicted octanol–water partition coefficient (Wildman–Crippen LogP) is 2.18. The fourth-order valence-corrected chi connectivity index (χ4v) is 2.54. The number of urea groups is 1. The third kappa shape index (κ3) is 2.45. The third-order valence-electron chi connectivity index (χ3n) is 3.75. The molecule has 1 aromatic rings. The first kappa shape index (κ1) is 13.9. The summed E-state index contributed by atoms with van der Waals surface area (Å²) in [4.78, 5) is 15.9. The van der Waals surface area contributed by atoms with E-state index in [9.17, 15) is 4.79 Å². The van der Waals surface area contributed by atoms with Gasteiger partial charge in [-0.25, -0.2) is 4.79 Å². The molecule has 1 aliphatic heterocycles. The van der Waals surface area contributed by atoms with Crippen LogP contribution in [0.3, 0.4) is 0 Å². The van der Waals surface area contributed by atoms with E-state index >= 15 is 0 Å². The Kier molecular flexibility index (Phi) is 3.54. The number of anilines is 1. The van der Waals surface area contributed by atoms with Crippen molar-refractivity contribution in [1.29, 1.82) is 0 Å². The fourth-order valence-electron chi connectivity index (χ4n) is 2.54. The van der Waals surface area contributed by atoms with Gasteiger partial charge in [-0.3, -0.25) is 4.90 Å². The van der Waals surface area contributed by atoms with E-state index in [0.29, 0.717) is 13.1 Å². The Hall–Kier alpha value is -1.55. The van der Waals surface area contributed by atoms with Gasteiger partial charge in [-0.2, -0.15) is 0 Å². The zero-order valence-corrected chi connectivity index (χ0v) is 12.2. The standard InChI is InChI=1S/C15H23N3O/c1-15(2,3)12-7-5-6-8-13(12)18-10-11(9-16)17(4)14(18)19/h5-8,11H,9-10,16H2,1-4H3. The van der Waals surface area contributed by atoms with Gasteiger partial charge in [0.15, 0.2) is 0 Å². The lowest BCUT2D eigenvalue weighted by Crippen LogP contribution is -2.35. The second-order valence-electron chi connectivity index (χ2n) is 6.16. The van der Waals surface area contributed by atoms with Gasteiger partial charge < -0.3 is 10.6 Å². The number of nitrogens with two attached hydrogens (primary N) is 1. The normalized spacial score (nSPS) is 20.3. The first-order valence-corrected chi connectivity index (χ1v) is 6.70. The summed E-state index contributed by atoms with van der Waals surface area (Å²) in [7, 11) is 1.82. The Morgan fingerprint density at radius 2 is 1.95 bits per heavy atom. The average molecular weight is 261 g/mol. The van der Waals surface area contributed by atoms with Crippen molar-refractivity contribution >= 4 is 11.7 Å². The van der Waals surface area contributed by atoms with E-state index in [1.165, 1.54) is 5.56 Å². The molecule has 0 spiro atoms. The van der Waals surface area contributed by atoms with Crippen LogP contribution < -0.4 is 10.6 Å². The summed E-state index contributed by atoms with van der Waals surface area (Å²) in [5.74, 6) is 0. The number of nitrogens with zero attached hydrogens (tertiary/aromatic N) is 2. The molecule has 2 amide bonds. The summed E-state index contributed by atoms with van der Waals surface area (Å²) < 4.78 is 0. The Bertz CT molecular complexity index is 479. The summed E-state index contributed by atoms with van der Waals surface area (Å²) >= 11 is 0. The molecule has 1 aliphatic rings. The summed E-state index contributed by atoms with van der Waals surface area (Å²) in [6.07, 6.45) is 0. The number of likely N-dealkylation sites (N-methyl/N-ethyl adjacent to an activating group) is 1. The number of rotatable bonds is 2. The van der Waals surface area contributed by atoms with Crippen molar-refractivity contribution in [3.63, 3.8) is 0 Å². The van der Waals surface area contributed by atoms with E-state index in [2.05, 4.69) is 26.8 Å². The van der Waals surface area contributed by atoms with Crippen LogP contribution in [0.15, 0.2) is 24.3 Å². The third-order valence-corrected chi connectivity index (χ3v) is 3.75. The van der Waals surface area contributed by atoms with Gasteiger partial charge in [0.05, 0.1) is 6.04 Å². The minimum atomic E-state index is 0.0102. The first-order valence-electron chi connectivity index (χ1n) is 6.70. The maximum absolute atomic E-state index is 12.4. The molecule has 0 aliphatic carbocycles. The number of carbonyl (C=O) groups excluding carboxylic acids is 1. The molecule has 1 saturated heterocycles. The Morgan fingerprint density at radius 3 is 2.47 bits per heavy atom. The fraction of sp³-hybridized carbons (Fsp3) is 0.533. The van der Waals surface area contributed by atoms with E-state index in [0.717, 1.165) is 5.69 Å². The molecule has 1 unspecified atom stereocenters. The van der Waals surface area contributed by atoms with Gasteiger partial charge in [0, 0.05) is 25.8 Å². The summed E-state index contributed by atoms with van der Waals surface area (Å²) in [6, 6.07) is 8.25. The first-order chi connectivity index (χ1) is 8.86. The summed E-state index contributed by atoms with van der Waals surface area (Å²) in [6.45, 7) is 7.65. The lowest BCUT2D eigenvalue weighted by molar-refractivity contribution is 0.219. The largest absolute Gasteiger partial charge is 0.328 e. The molecule has 4 nitrogen and oxygen atoms in total. The van der Waals surface area contributed by atoms with Crippen molar-refractivity contribution < 1.29 is 4.79 Å². The van der Waals surface area contributed by atoms with E-state index in [-0.39, 0.29) is 17.5 Å². The van der Waals surface area contributed by atoms with Crippen LogP contribution in [0, 0.1) is 0 Å². The molecule has 104 valence electrons. The molecular formula is C15H23N3O. The van der Waals surface area contributed by atoms with Gasteiger partial charge in [0.25, 0.3) is 0 Å². The van der Waals surface area contributed by atoms with Crippen LogP contribution in [0.2, 0.25) is 0 Å². The maximum atomic E-state index is 12.4. The predicted molar refractivity (Wildman–Crippen MR) is 78.5 cm³/mol. The summed E-state index contributed by atoms with van der Waals surface area (Å²) in [5.41, 5.74) is 7.93. The molecule has 2 N–H and O–H groups in total. The lowest BCUT2D eigenvalue weighted by atomic mass is 9.85. The number of hydrogen-bond acceptors (Lipinski definition) is 2. The minimum absolute atomic E-state index is 0.0102. The van der Waals surface area contributed by atoms with Gasteiger partial charge in [-0.05, 0) is 17.0 Å². The van der Waals surface area contributed by atoms with Gasteiger partial charge in [-0.15, -0.1) is 0 Å². The molecule has 0 saturated carbocycles. The topological polar surface area (TPSA) is 49.6 Å². The van der Waals surface area contributed by atoms with Crippen LogP contribution in [0.4, 0.5) is 10.5 Å². The summed E-state index contributed by atoms with van der Waals surface area (Å²) in [5, 5.41) is 0. The molecule has 0 radical (unpaired) electrons. The van der Waals surface area contributed by atoms with Gasteiger partial charge >= 0.3 is 6.03 Å². The van der Waals surface area contributed by atoms with Crippen molar-refractivity contribution in [1.82, 2.24) is 4.90 Å². The second-order valence-corrected chi connectivity index (χ2v) is 6.16. The number of carbonyl (C=O) groups is 1. The zero-order valence-electron chi connectivity index (χ0n) is 12.2. The molecule has 1 aromatic carbocycles. The minimum Gasteiger partial charge on any atom is -0.328 e. The number of para-hydroxylation sites is 1.